The lowest BCUT2D eigenvalue weighted by molar-refractivity contribution is 0.544. The second-order valence-electron chi connectivity index (χ2n) is 5.25. The monoisotopic (exact) mass is 384 g/mol. The largest absolute Gasteiger partial charge is 0.268 e. The van der Waals surface area contributed by atoms with Crippen molar-refractivity contribution in [1.29, 1.82) is 0 Å². The highest BCUT2D eigenvalue weighted by atomic mass is 79.9. The third-order valence-electron chi connectivity index (χ3n) is 3.55. The highest BCUT2D eigenvalue weighted by Crippen LogP contribution is 2.19. The average molecular weight is 385 g/mol. The summed E-state index contributed by atoms with van der Waals surface area (Å²) in [5.74, 6) is 0.155. The molecule has 0 aliphatic rings. The fraction of sp³-hybridized carbons (Fsp3) is 0.438. The second-order valence-corrected chi connectivity index (χ2v) is 8.21. The summed E-state index contributed by atoms with van der Waals surface area (Å²) in [6.45, 7) is 3.02. The molecule has 0 amide bonds. The molecule has 1 aromatic heterocycles. The molecule has 1 heterocycles. The zero-order valence-corrected chi connectivity index (χ0v) is 15.1. The zero-order valence-electron chi connectivity index (χ0n) is 12.7. The van der Waals surface area contributed by atoms with Crippen LogP contribution in [0.1, 0.15) is 31.9 Å². The van der Waals surface area contributed by atoms with E-state index in [4.69, 9.17) is 0 Å². The van der Waals surface area contributed by atoms with Gasteiger partial charge in [-0.25, -0.2) is 8.42 Å². The fourth-order valence-electron chi connectivity index (χ4n) is 2.31. The Morgan fingerprint density at radius 1 is 1.18 bits per heavy atom. The molecule has 0 aliphatic carbocycles. The van der Waals surface area contributed by atoms with Crippen LogP contribution >= 0.6 is 15.9 Å². The van der Waals surface area contributed by atoms with Crippen molar-refractivity contribution in [3.05, 3.63) is 46.7 Å². The van der Waals surface area contributed by atoms with Crippen LogP contribution in [0.5, 0.6) is 0 Å². The molecule has 0 saturated heterocycles. The second kappa shape index (κ2) is 7.92. The van der Waals surface area contributed by atoms with Gasteiger partial charge in [0.2, 0.25) is 0 Å². The van der Waals surface area contributed by atoms with Gasteiger partial charge < -0.3 is 0 Å². The first kappa shape index (κ1) is 17.2. The summed E-state index contributed by atoms with van der Waals surface area (Å²) in [7, 11) is -3.20. The van der Waals surface area contributed by atoms with Gasteiger partial charge in [-0.3, -0.25) is 4.68 Å². The van der Waals surface area contributed by atoms with Crippen LogP contribution in [0.4, 0.5) is 0 Å². The third-order valence-corrected chi connectivity index (χ3v) is 6.03. The molecule has 120 valence electrons. The van der Waals surface area contributed by atoms with E-state index in [1.165, 1.54) is 0 Å². The van der Waals surface area contributed by atoms with Crippen molar-refractivity contribution < 1.29 is 8.42 Å². The Morgan fingerprint density at radius 2 is 1.91 bits per heavy atom. The van der Waals surface area contributed by atoms with Crippen molar-refractivity contribution in [2.24, 2.45) is 0 Å². The molecule has 0 saturated carbocycles. The number of aromatic nitrogens is 2. The van der Waals surface area contributed by atoms with Gasteiger partial charge in [0.1, 0.15) is 0 Å². The van der Waals surface area contributed by atoms with Crippen molar-refractivity contribution in [2.75, 3.05) is 5.75 Å². The maximum Gasteiger partial charge on any atom is 0.178 e. The van der Waals surface area contributed by atoms with Crippen molar-refractivity contribution >= 4 is 25.8 Å². The first-order valence-electron chi connectivity index (χ1n) is 7.52. The number of hydrogen-bond donors (Lipinski definition) is 0. The lowest BCUT2D eigenvalue weighted by Crippen LogP contribution is -2.10. The van der Waals surface area contributed by atoms with E-state index in [0.717, 1.165) is 29.6 Å². The van der Waals surface area contributed by atoms with E-state index in [1.807, 2.05) is 10.7 Å². The van der Waals surface area contributed by atoms with Crippen molar-refractivity contribution in [3.63, 3.8) is 0 Å². The summed E-state index contributed by atoms with van der Waals surface area (Å²) in [5.41, 5.74) is 1.08. The van der Waals surface area contributed by atoms with Crippen LogP contribution in [-0.2, 0) is 22.8 Å². The molecule has 0 N–H and O–H groups in total. The molecule has 0 spiro atoms. The van der Waals surface area contributed by atoms with Crippen LogP contribution in [0.15, 0.2) is 45.9 Å². The van der Waals surface area contributed by atoms with E-state index < -0.39 is 9.84 Å². The van der Waals surface area contributed by atoms with Crippen LogP contribution in [0.25, 0.3) is 0 Å². The summed E-state index contributed by atoms with van der Waals surface area (Å²) in [5, 5.41) is 4.35. The molecule has 0 aliphatic heterocycles. The van der Waals surface area contributed by atoms with Gasteiger partial charge in [-0.1, -0.05) is 31.5 Å². The van der Waals surface area contributed by atoms with Gasteiger partial charge >= 0.3 is 0 Å². The van der Waals surface area contributed by atoms with E-state index in [9.17, 15) is 8.42 Å². The smallest absolute Gasteiger partial charge is 0.178 e. The van der Waals surface area contributed by atoms with Crippen LogP contribution in [0.3, 0.4) is 0 Å². The highest BCUT2D eigenvalue weighted by Gasteiger charge is 2.15. The summed E-state index contributed by atoms with van der Waals surface area (Å²) < 4.78 is 27.5. The van der Waals surface area contributed by atoms with Gasteiger partial charge in [0.15, 0.2) is 9.84 Å². The van der Waals surface area contributed by atoms with Gasteiger partial charge in [-0.2, -0.15) is 5.10 Å². The van der Waals surface area contributed by atoms with Gasteiger partial charge in [0.05, 0.1) is 27.0 Å². The normalized spacial score (nSPS) is 11.7. The Bertz CT molecular complexity index is 696. The molecule has 1 aromatic carbocycles. The number of sulfone groups is 1. The molecule has 0 unspecified atom stereocenters. The first-order chi connectivity index (χ1) is 10.5. The topological polar surface area (TPSA) is 52.0 Å². The Kier molecular flexibility index (Phi) is 6.20. The molecule has 22 heavy (non-hydrogen) atoms. The molecular weight excluding hydrogens is 364 g/mol. The van der Waals surface area contributed by atoms with Crippen molar-refractivity contribution in [1.82, 2.24) is 9.78 Å². The van der Waals surface area contributed by atoms with Gasteiger partial charge in [0, 0.05) is 6.54 Å². The molecular formula is C16H21BrN2O2S. The van der Waals surface area contributed by atoms with E-state index >= 15 is 0 Å². The Hall–Kier alpha value is -1.14. The lowest BCUT2D eigenvalue weighted by Gasteiger charge is -2.08. The molecule has 0 radical (unpaired) electrons. The van der Waals surface area contributed by atoms with Gasteiger partial charge in [-0.15, -0.1) is 0 Å². The molecule has 2 rings (SSSR count). The molecule has 0 atom stereocenters. The Balaban J connectivity index is 1.98. The third kappa shape index (κ3) is 4.43. The van der Waals surface area contributed by atoms with E-state index in [-0.39, 0.29) is 5.75 Å². The van der Waals surface area contributed by atoms with Crippen molar-refractivity contribution in [3.8, 4) is 0 Å². The summed E-state index contributed by atoms with van der Waals surface area (Å²) in [4.78, 5) is 0.397. The minimum Gasteiger partial charge on any atom is -0.268 e. The Morgan fingerprint density at radius 3 is 2.59 bits per heavy atom. The average Bonchev–Trinajstić information content (AvgIpc) is 2.87. The number of halogens is 1. The minimum absolute atomic E-state index is 0.155. The Labute approximate surface area is 140 Å². The number of benzene rings is 1. The first-order valence-corrected chi connectivity index (χ1v) is 9.97. The van der Waals surface area contributed by atoms with Crippen molar-refractivity contribution in [2.45, 2.75) is 44.0 Å². The number of unbranched alkanes of at least 4 members (excludes halogenated alkanes) is 1. The predicted molar refractivity (Wildman–Crippen MR) is 91.7 cm³/mol. The summed E-state index contributed by atoms with van der Waals surface area (Å²) in [6.07, 6.45) is 5.27. The highest BCUT2D eigenvalue weighted by molar-refractivity contribution is 9.10. The van der Waals surface area contributed by atoms with Crippen LogP contribution in [0, 0.1) is 0 Å². The summed E-state index contributed by atoms with van der Waals surface area (Å²) in [6, 6.07) is 8.63. The molecule has 0 fully saturated rings. The quantitative estimate of drug-likeness (QED) is 0.694. The molecule has 4 nitrogen and oxygen atoms in total. The number of hydrogen-bond acceptors (Lipinski definition) is 3. The van der Waals surface area contributed by atoms with Crippen LogP contribution < -0.4 is 0 Å². The SMILES string of the molecule is CCCCn1ncc(Br)c1CCCS(=O)(=O)c1ccccc1. The number of aryl methyl sites for hydroxylation is 1. The minimum atomic E-state index is -3.20. The number of nitrogens with zero attached hydrogens (tertiary/aromatic N) is 2. The van der Waals surface area contributed by atoms with Crippen LogP contribution in [0.2, 0.25) is 0 Å². The van der Waals surface area contributed by atoms with Gasteiger partial charge in [-0.05, 0) is 47.3 Å². The molecule has 0 bridgehead atoms. The maximum absolute atomic E-state index is 12.3. The van der Waals surface area contributed by atoms with Crippen LogP contribution in [-0.4, -0.2) is 24.0 Å². The molecule has 2 aromatic rings. The van der Waals surface area contributed by atoms with E-state index in [1.54, 1.807) is 30.5 Å². The predicted octanol–water partition coefficient (Wildman–Crippen LogP) is 3.85. The van der Waals surface area contributed by atoms with E-state index in [0.29, 0.717) is 17.7 Å². The molecule has 6 heteroatoms. The fourth-order valence-corrected chi connectivity index (χ4v) is 4.14. The van der Waals surface area contributed by atoms with E-state index in [2.05, 4.69) is 28.0 Å². The lowest BCUT2D eigenvalue weighted by atomic mass is 10.2. The standard InChI is InChI=1S/C16H21BrN2O2S/c1-2-3-11-19-16(15(17)13-18-19)10-7-12-22(20,21)14-8-5-4-6-9-14/h4-6,8-9,13H,2-3,7,10-12H2,1H3. The number of rotatable bonds is 8. The zero-order chi connectivity index (χ0) is 16.0. The maximum atomic E-state index is 12.3. The summed E-state index contributed by atoms with van der Waals surface area (Å²) >= 11 is 3.50. The van der Waals surface area contributed by atoms with Gasteiger partial charge in [0.25, 0.3) is 0 Å².